The fourth-order valence-electron chi connectivity index (χ4n) is 4.41. The van der Waals surface area contributed by atoms with Gasteiger partial charge >= 0.3 is 5.97 Å². The van der Waals surface area contributed by atoms with E-state index in [-0.39, 0.29) is 16.7 Å². The molecule has 3 rings (SSSR count). The Bertz CT molecular complexity index is 759. The molecule has 2 aliphatic rings. The largest absolute Gasteiger partial charge is 0.477 e. The minimum Gasteiger partial charge on any atom is -0.477 e. The van der Waals surface area contributed by atoms with Gasteiger partial charge in [0.1, 0.15) is 4.88 Å². The van der Waals surface area contributed by atoms with E-state index in [2.05, 4.69) is 13.0 Å². The Morgan fingerprint density at radius 3 is 2.59 bits per heavy atom. The quantitative estimate of drug-likeness (QED) is 0.597. The third-order valence-corrected chi connectivity index (χ3v) is 7.38. The number of aliphatic hydroxyl groups excluding tert-OH is 1. The highest BCUT2D eigenvalue weighted by atomic mass is 32.1. The lowest BCUT2D eigenvalue weighted by molar-refractivity contribution is -0.123. The third-order valence-electron chi connectivity index (χ3n) is 6.19. The molecule has 1 atom stereocenters. The van der Waals surface area contributed by atoms with Gasteiger partial charge in [0.15, 0.2) is 0 Å². The van der Waals surface area contributed by atoms with Crippen LogP contribution < -0.4 is 4.90 Å². The molecule has 1 heterocycles. The second-order valence-corrected chi connectivity index (χ2v) is 9.74. The Morgan fingerprint density at radius 1 is 1.28 bits per heavy atom. The Balaban J connectivity index is 1.89. The van der Waals surface area contributed by atoms with Crippen molar-refractivity contribution in [3.63, 3.8) is 0 Å². The van der Waals surface area contributed by atoms with Crippen LogP contribution in [0.3, 0.4) is 0 Å². The third kappa shape index (κ3) is 5.48. The van der Waals surface area contributed by atoms with Crippen molar-refractivity contribution in [3.05, 3.63) is 21.9 Å². The molecule has 1 fully saturated rings. The van der Waals surface area contributed by atoms with E-state index in [0.717, 1.165) is 49.8 Å². The molecule has 0 saturated heterocycles. The average Bonchev–Trinajstić information content (AvgIpc) is 3.34. The first kappa shape index (κ1) is 22.0. The van der Waals surface area contributed by atoms with Crippen LogP contribution >= 0.6 is 11.3 Å². The van der Waals surface area contributed by atoms with Gasteiger partial charge in [-0.1, -0.05) is 13.0 Å². The van der Waals surface area contributed by atoms with Crippen LogP contribution in [-0.2, 0) is 4.79 Å². The molecule has 1 aromatic heterocycles. The maximum atomic E-state index is 13.4. The summed E-state index contributed by atoms with van der Waals surface area (Å²) in [6.45, 7) is 4.42. The zero-order valence-corrected chi connectivity index (χ0v) is 18.3. The normalized spacial score (nSPS) is 22.9. The van der Waals surface area contributed by atoms with Crippen molar-refractivity contribution in [3.8, 4) is 0 Å². The van der Waals surface area contributed by atoms with Gasteiger partial charge < -0.3 is 15.1 Å². The van der Waals surface area contributed by atoms with Crippen LogP contribution in [0.2, 0.25) is 0 Å². The number of carbonyl (C=O) groups is 2. The van der Waals surface area contributed by atoms with Gasteiger partial charge in [0.25, 0.3) is 0 Å². The summed E-state index contributed by atoms with van der Waals surface area (Å²) in [5.41, 5.74) is 1.74. The molecular weight excluding hydrogens is 386 g/mol. The lowest BCUT2D eigenvalue weighted by Gasteiger charge is -2.31. The number of anilines is 1. The van der Waals surface area contributed by atoms with Gasteiger partial charge in [0.05, 0.1) is 11.8 Å². The average molecular weight is 420 g/mol. The van der Waals surface area contributed by atoms with Crippen molar-refractivity contribution < 1.29 is 19.8 Å². The highest BCUT2D eigenvalue weighted by Crippen LogP contribution is 2.40. The number of carboxylic acids is 1. The van der Waals surface area contributed by atoms with Gasteiger partial charge in [-0.05, 0) is 82.3 Å². The maximum Gasteiger partial charge on any atom is 0.348 e. The van der Waals surface area contributed by atoms with Crippen LogP contribution in [-0.4, -0.2) is 34.7 Å². The van der Waals surface area contributed by atoms with Crippen molar-refractivity contribution >= 4 is 34.5 Å². The topological polar surface area (TPSA) is 77.8 Å². The van der Waals surface area contributed by atoms with Crippen LogP contribution in [0.4, 0.5) is 5.69 Å². The number of hydrogen-bond acceptors (Lipinski definition) is 4. The molecule has 6 heteroatoms. The van der Waals surface area contributed by atoms with Crippen molar-refractivity contribution in [2.75, 3.05) is 11.4 Å². The standard InChI is InChI=1S/C23H33NO4S/c1-15-9-11-18(12-10-15)22(26)24(13-5-6-16(2)25)19-14-20(17-7-3-4-8-17)29-21(19)23(27)28/h7,14-16,18,25H,3-6,8-13H2,1-2H3,(H,27,28). The van der Waals surface area contributed by atoms with Crippen LogP contribution in [0.15, 0.2) is 12.1 Å². The molecule has 0 aliphatic heterocycles. The molecule has 0 spiro atoms. The number of carbonyl (C=O) groups excluding carboxylic acids is 1. The summed E-state index contributed by atoms with van der Waals surface area (Å²) in [5, 5.41) is 19.5. The molecule has 2 aliphatic carbocycles. The van der Waals surface area contributed by atoms with Gasteiger partial charge in [0, 0.05) is 17.3 Å². The van der Waals surface area contributed by atoms with Crippen molar-refractivity contribution in [1.82, 2.24) is 0 Å². The fraction of sp³-hybridized carbons (Fsp3) is 0.652. The van der Waals surface area contributed by atoms with Gasteiger partial charge in [-0.2, -0.15) is 0 Å². The Kier molecular flexibility index (Phi) is 7.52. The fourth-order valence-corrected chi connectivity index (χ4v) is 5.48. The summed E-state index contributed by atoms with van der Waals surface area (Å²) < 4.78 is 0. The molecule has 1 saturated carbocycles. The van der Waals surface area contributed by atoms with Crippen molar-refractivity contribution in [1.29, 1.82) is 0 Å². The number of aromatic carboxylic acids is 1. The highest BCUT2D eigenvalue weighted by Gasteiger charge is 2.32. The molecule has 0 radical (unpaired) electrons. The minimum atomic E-state index is -0.972. The van der Waals surface area contributed by atoms with Crippen LogP contribution in [0.25, 0.3) is 5.57 Å². The van der Waals surface area contributed by atoms with Crippen LogP contribution in [0.5, 0.6) is 0 Å². The second-order valence-electron chi connectivity index (χ2n) is 8.69. The number of rotatable bonds is 8. The number of hydrogen-bond donors (Lipinski definition) is 2. The molecule has 2 N–H and O–H groups in total. The van der Waals surface area contributed by atoms with Gasteiger partial charge in [-0.25, -0.2) is 4.79 Å². The van der Waals surface area contributed by atoms with E-state index in [1.54, 1.807) is 11.8 Å². The van der Waals surface area contributed by atoms with E-state index in [0.29, 0.717) is 31.0 Å². The smallest absolute Gasteiger partial charge is 0.348 e. The summed E-state index contributed by atoms with van der Waals surface area (Å²) in [7, 11) is 0. The van der Waals surface area contributed by atoms with E-state index in [1.165, 1.54) is 16.9 Å². The molecule has 1 aromatic rings. The SMILES string of the molecule is CC(O)CCCN(C(=O)C1CCC(C)CC1)c1cc(C2=CCCC2)sc1C(=O)O. The molecule has 5 nitrogen and oxygen atoms in total. The Labute approximate surface area is 177 Å². The predicted molar refractivity (Wildman–Crippen MR) is 117 cm³/mol. The number of nitrogens with zero attached hydrogens (tertiary/aromatic N) is 1. The number of carboxylic acid groups (broad SMARTS) is 1. The second kappa shape index (κ2) is 9.90. The molecule has 160 valence electrons. The van der Waals surface area contributed by atoms with E-state index in [9.17, 15) is 19.8 Å². The van der Waals surface area contributed by atoms with Gasteiger partial charge in [-0.15, -0.1) is 11.3 Å². The zero-order valence-electron chi connectivity index (χ0n) is 17.5. The van der Waals surface area contributed by atoms with Crippen molar-refractivity contribution in [2.24, 2.45) is 11.8 Å². The number of allylic oxidation sites excluding steroid dienone is 2. The molecule has 0 bridgehead atoms. The molecule has 29 heavy (non-hydrogen) atoms. The number of thiophene rings is 1. The molecule has 1 amide bonds. The minimum absolute atomic E-state index is 0.0339. The van der Waals surface area contributed by atoms with E-state index >= 15 is 0 Å². The van der Waals surface area contributed by atoms with Crippen molar-refractivity contribution in [2.45, 2.75) is 77.7 Å². The van der Waals surface area contributed by atoms with E-state index < -0.39 is 12.1 Å². The number of amides is 1. The van der Waals surface area contributed by atoms with Gasteiger partial charge in [0.2, 0.25) is 5.91 Å². The lowest BCUT2D eigenvalue weighted by atomic mass is 9.82. The molecule has 0 aromatic carbocycles. The molecular formula is C23H33NO4S. The lowest BCUT2D eigenvalue weighted by Crippen LogP contribution is -2.39. The predicted octanol–water partition coefficient (Wildman–Crippen LogP) is 5.33. The highest BCUT2D eigenvalue weighted by molar-refractivity contribution is 7.15. The summed E-state index contributed by atoms with van der Waals surface area (Å²) in [6.07, 6.45) is 9.94. The first-order chi connectivity index (χ1) is 13.9. The van der Waals surface area contributed by atoms with Crippen LogP contribution in [0, 0.1) is 11.8 Å². The zero-order chi connectivity index (χ0) is 21.0. The number of aliphatic hydroxyl groups is 1. The first-order valence-electron chi connectivity index (χ1n) is 10.9. The summed E-state index contributed by atoms with van der Waals surface area (Å²) in [6, 6.07) is 1.91. The Hall–Kier alpha value is -1.66. The van der Waals surface area contributed by atoms with Crippen LogP contribution in [0.1, 0.15) is 86.2 Å². The Morgan fingerprint density at radius 2 is 2.00 bits per heavy atom. The van der Waals surface area contributed by atoms with E-state index in [4.69, 9.17) is 0 Å². The van der Waals surface area contributed by atoms with Gasteiger partial charge in [-0.3, -0.25) is 4.79 Å². The molecule has 1 unspecified atom stereocenters. The summed E-state index contributed by atoms with van der Waals surface area (Å²) >= 11 is 1.29. The van der Waals surface area contributed by atoms with E-state index in [1.807, 2.05) is 6.07 Å². The summed E-state index contributed by atoms with van der Waals surface area (Å²) in [5.74, 6) is -0.303. The summed E-state index contributed by atoms with van der Waals surface area (Å²) in [4.78, 5) is 28.4. The monoisotopic (exact) mass is 419 g/mol. The first-order valence-corrected chi connectivity index (χ1v) is 11.7. The maximum absolute atomic E-state index is 13.4.